The first kappa shape index (κ1) is 19.8. The number of methoxy groups -OCH3 is 1. The smallest absolute Gasteiger partial charge is 0.404 e. The number of aromatic nitrogens is 2. The van der Waals surface area contributed by atoms with Crippen LogP contribution in [0.15, 0.2) is 33.3 Å². The standard InChI is InChI=1S/C16H13BrN4O6S/c1-8-5-10(16(23)26-2)15(28-8)18-14(22)12-4-3-9(27-12)6-20-7-11(17)13(19-20)21(24)25/h3-5,7H,6H2,1-2H3,(H,18,22). The molecule has 0 bridgehead atoms. The molecule has 0 saturated carbocycles. The Hall–Kier alpha value is -2.99. The van der Waals surface area contributed by atoms with Crippen LogP contribution in [0.25, 0.3) is 0 Å². The average molecular weight is 469 g/mol. The zero-order valence-corrected chi connectivity index (χ0v) is 17.0. The molecule has 146 valence electrons. The van der Waals surface area contributed by atoms with E-state index in [0.29, 0.717) is 10.8 Å². The summed E-state index contributed by atoms with van der Waals surface area (Å²) >= 11 is 4.31. The monoisotopic (exact) mass is 468 g/mol. The van der Waals surface area contributed by atoms with Gasteiger partial charge in [-0.15, -0.1) is 11.3 Å². The highest BCUT2D eigenvalue weighted by molar-refractivity contribution is 9.10. The lowest BCUT2D eigenvalue weighted by atomic mass is 10.3. The van der Waals surface area contributed by atoms with Gasteiger partial charge in [0.15, 0.2) is 5.76 Å². The number of amides is 1. The van der Waals surface area contributed by atoms with Crippen molar-refractivity contribution in [3.63, 3.8) is 0 Å². The second-order valence-electron chi connectivity index (χ2n) is 5.57. The molecule has 0 atom stereocenters. The summed E-state index contributed by atoms with van der Waals surface area (Å²) in [6.45, 7) is 1.91. The first-order valence-electron chi connectivity index (χ1n) is 7.74. The van der Waals surface area contributed by atoms with E-state index >= 15 is 0 Å². The number of rotatable bonds is 6. The van der Waals surface area contributed by atoms with Crippen LogP contribution in [0.5, 0.6) is 0 Å². The van der Waals surface area contributed by atoms with Gasteiger partial charge < -0.3 is 24.6 Å². The van der Waals surface area contributed by atoms with Crippen molar-refractivity contribution in [1.82, 2.24) is 9.78 Å². The Morgan fingerprint density at radius 2 is 2.21 bits per heavy atom. The fourth-order valence-electron chi connectivity index (χ4n) is 2.37. The van der Waals surface area contributed by atoms with Crippen LogP contribution in [-0.4, -0.2) is 33.7 Å². The summed E-state index contributed by atoms with van der Waals surface area (Å²) in [5.74, 6) is -0.993. The number of thiophene rings is 1. The third-order valence-electron chi connectivity index (χ3n) is 3.56. The predicted octanol–water partition coefficient (Wildman–Crippen LogP) is 3.60. The zero-order valence-electron chi connectivity index (χ0n) is 14.6. The van der Waals surface area contributed by atoms with E-state index in [0.717, 1.165) is 4.88 Å². The molecule has 10 nitrogen and oxygen atoms in total. The van der Waals surface area contributed by atoms with Gasteiger partial charge in [-0.3, -0.25) is 4.79 Å². The van der Waals surface area contributed by atoms with E-state index < -0.39 is 16.8 Å². The third-order valence-corrected chi connectivity index (χ3v) is 5.09. The Labute approximate surface area is 170 Å². The quantitative estimate of drug-likeness (QED) is 0.332. The average Bonchev–Trinajstić information content (AvgIpc) is 3.33. The highest BCUT2D eigenvalue weighted by atomic mass is 79.9. The number of furan rings is 1. The van der Waals surface area contributed by atoms with Gasteiger partial charge in [0, 0.05) is 4.88 Å². The summed E-state index contributed by atoms with van der Waals surface area (Å²) in [4.78, 5) is 35.3. The van der Waals surface area contributed by atoms with Gasteiger partial charge in [0.1, 0.15) is 21.8 Å². The van der Waals surface area contributed by atoms with Gasteiger partial charge in [-0.2, -0.15) is 4.68 Å². The number of anilines is 1. The summed E-state index contributed by atoms with van der Waals surface area (Å²) in [5.41, 5.74) is 0.263. The van der Waals surface area contributed by atoms with Crippen molar-refractivity contribution in [2.45, 2.75) is 13.5 Å². The number of carbonyl (C=O) groups is 2. The maximum Gasteiger partial charge on any atom is 0.404 e. The van der Waals surface area contributed by atoms with Gasteiger partial charge in [-0.25, -0.2) is 4.79 Å². The minimum absolute atomic E-state index is 0.0255. The number of hydrogen-bond donors (Lipinski definition) is 1. The number of nitro groups is 1. The van der Waals surface area contributed by atoms with Gasteiger partial charge >= 0.3 is 11.8 Å². The van der Waals surface area contributed by atoms with E-state index in [1.165, 1.54) is 35.4 Å². The van der Waals surface area contributed by atoms with E-state index in [1.54, 1.807) is 19.1 Å². The zero-order chi connectivity index (χ0) is 20.4. The van der Waals surface area contributed by atoms with Crippen LogP contribution >= 0.6 is 27.3 Å². The van der Waals surface area contributed by atoms with Crippen molar-refractivity contribution < 1.29 is 23.7 Å². The molecule has 1 N–H and O–H groups in total. The topological polar surface area (TPSA) is 130 Å². The van der Waals surface area contributed by atoms with Crippen molar-refractivity contribution in [2.24, 2.45) is 0 Å². The van der Waals surface area contributed by atoms with Crippen LogP contribution in [0, 0.1) is 17.0 Å². The number of ether oxygens (including phenoxy) is 1. The van der Waals surface area contributed by atoms with Gasteiger partial charge in [-0.1, -0.05) is 0 Å². The highest BCUT2D eigenvalue weighted by Crippen LogP contribution is 2.29. The first-order valence-corrected chi connectivity index (χ1v) is 9.35. The summed E-state index contributed by atoms with van der Waals surface area (Å²) in [6, 6.07) is 4.66. The van der Waals surface area contributed by atoms with E-state index in [2.05, 4.69) is 26.3 Å². The molecule has 0 unspecified atom stereocenters. The molecule has 0 spiro atoms. The first-order chi connectivity index (χ1) is 13.3. The molecule has 0 aliphatic heterocycles. The van der Waals surface area contributed by atoms with Crippen molar-refractivity contribution in [2.75, 3.05) is 12.4 Å². The Morgan fingerprint density at radius 3 is 2.86 bits per heavy atom. The number of aryl methyl sites for hydroxylation is 1. The molecule has 1 amide bonds. The maximum absolute atomic E-state index is 12.4. The molecule has 0 aromatic carbocycles. The van der Waals surface area contributed by atoms with Gasteiger partial charge in [0.05, 0.1) is 24.0 Å². The molecule has 0 fully saturated rings. The minimum atomic E-state index is -0.608. The molecule has 12 heteroatoms. The van der Waals surface area contributed by atoms with Crippen molar-refractivity contribution in [1.29, 1.82) is 0 Å². The van der Waals surface area contributed by atoms with Crippen molar-refractivity contribution >= 4 is 50.0 Å². The van der Waals surface area contributed by atoms with Crippen LogP contribution in [0.1, 0.15) is 31.6 Å². The number of carbonyl (C=O) groups excluding carboxylic acids is 2. The fraction of sp³-hybridized carbons (Fsp3) is 0.188. The maximum atomic E-state index is 12.4. The van der Waals surface area contributed by atoms with Crippen molar-refractivity contribution in [3.05, 3.63) is 60.9 Å². The summed E-state index contributed by atoms with van der Waals surface area (Å²) in [6.07, 6.45) is 1.44. The predicted molar refractivity (Wildman–Crippen MR) is 103 cm³/mol. The molecular formula is C16H13BrN4O6S. The Kier molecular flexibility index (Phi) is 5.61. The third kappa shape index (κ3) is 4.12. The van der Waals surface area contributed by atoms with Crippen LogP contribution in [0.3, 0.4) is 0 Å². The van der Waals surface area contributed by atoms with E-state index in [9.17, 15) is 19.7 Å². The fourth-order valence-corrected chi connectivity index (χ4v) is 3.72. The minimum Gasteiger partial charge on any atom is -0.465 e. The number of halogens is 1. The van der Waals surface area contributed by atoms with Gasteiger partial charge in [-0.05, 0) is 46.0 Å². The summed E-state index contributed by atoms with van der Waals surface area (Å²) in [7, 11) is 1.26. The molecule has 28 heavy (non-hydrogen) atoms. The molecule has 3 rings (SSSR count). The molecule has 3 aromatic rings. The van der Waals surface area contributed by atoms with Crippen LogP contribution in [0.4, 0.5) is 10.8 Å². The van der Waals surface area contributed by atoms with E-state index in [-0.39, 0.29) is 28.2 Å². The van der Waals surface area contributed by atoms with E-state index in [1.807, 2.05) is 0 Å². The normalized spacial score (nSPS) is 10.7. The molecule has 3 heterocycles. The lowest BCUT2D eigenvalue weighted by Crippen LogP contribution is -2.13. The second kappa shape index (κ2) is 7.94. The van der Waals surface area contributed by atoms with Crippen molar-refractivity contribution in [3.8, 4) is 0 Å². The second-order valence-corrected chi connectivity index (χ2v) is 7.68. The van der Waals surface area contributed by atoms with Crippen LogP contribution in [0.2, 0.25) is 0 Å². The molecule has 0 aliphatic carbocycles. The molecule has 0 saturated heterocycles. The summed E-state index contributed by atoms with van der Waals surface area (Å²) in [5, 5.41) is 17.7. The van der Waals surface area contributed by atoms with Gasteiger partial charge in [0.2, 0.25) is 0 Å². The lowest BCUT2D eigenvalue weighted by Gasteiger charge is -2.03. The van der Waals surface area contributed by atoms with Crippen LogP contribution < -0.4 is 5.32 Å². The number of esters is 1. The van der Waals surface area contributed by atoms with E-state index in [4.69, 9.17) is 9.15 Å². The Balaban J connectivity index is 1.74. The highest BCUT2D eigenvalue weighted by Gasteiger charge is 2.21. The lowest BCUT2D eigenvalue weighted by molar-refractivity contribution is -0.390. The molecule has 3 aromatic heterocycles. The molecule has 0 radical (unpaired) electrons. The number of hydrogen-bond acceptors (Lipinski definition) is 8. The SMILES string of the molecule is COC(=O)c1cc(C)sc1NC(=O)c1ccc(Cn2cc(Br)c([N+](=O)[O-])n2)o1. The van der Waals surface area contributed by atoms with Gasteiger partial charge in [0.25, 0.3) is 5.91 Å². The number of nitrogens with one attached hydrogen (secondary N) is 1. The summed E-state index contributed by atoms with van der Waals surface area (Å²) < 4.78 is 11.8. The van der Waals surface area contributed by atoms with Crippen LogP contribution in [-0.2, 0) is 11.3 Å². The molecular weight excluding hydrogens is 456 g/mol. The Morgan fingerprint density at radius 1 is 1.46 bits per heavy atom. The molecule has 0 aliphatic rings. The number of nitrogens with zero attached hydrogens (tertiary/aromatic N) is 3. The Bertz CT molecular complexity index is 1070. The largest absolute Gasteiger partial charge is 0.465 e.